The van der Waals surface area contributed by atoms with Crippen molar-refractivity contribution in [1.82, 2.24) is 24.3 Å². The lowest BCUT2D eigenvalue weighted by atomic mass is 10.2. The number of fused-ring (bicyclic) bond motifs is 1. The van der Waals surface area contributed by atoms with Crippen LogP contribution >= 0.6 is 0 Å². The molecule has 1 saturated heterocycles. The standard InChI is InChI=1S/C11H12N6O4/c12-8-5-9(14-3-13-8)16(4-15-5)10-6(18)7(19)11(21-10)17-1-2-20-17/h1-4,6-7,10-11,18-19H,(H2,12,13,14)/t6-,7+,10-,11+/m1/s1. The Labute approximate surface area is 117 Å². The van der Waals surface area contributed by atoms with Crippen molar-refractivity contribution in [2.45, 2.75) is 24.7 Å². The van der Waals surface area contributed by atoms with E-state index in [9.17, 15) is 10.2 Å². The molecule has 3 aromatic heterocycles. The van der Waals surface area contributed by atoms with Crippen molar-refractivity contribution in [2.24, 2.45) is 0 Å². The largest absolute Gasteiger partial charge is 0.385 e. The van der Waals surface area contributed by atoms with E-state index in [1.54, 1.807) is 6.20 Å². The number of anilines is 1. The van der Waals surface area contributed by atoms with Crippen molar-refractivity contribution in [3.8, 4) is 0 Å². The lowest BCUT2D eigenvalue weighted by molar-refractivity contribution is -0.106. The Hall–Kier alpha value is -2.43. The van der Waals surface area contributed by atoms with E-state index >= 15 is 0 Å². The average molecular weight is 292 g/mol. The van der Waals surface area contributed by atoms with Gasteiger partial charge in [-0.2, -0.15) is 4.74 Å². The molecule has 0 aliphatic carbocycles. The maximum Gasteiger partial charge on any atom is 0.195 e. The van der Waals surface area contributed by atoms with Crippen LogP contribution in [-0.2, 0) is 4.74 Å². The van der Waals surface area contributed by atoms with Gasteiger partial charge in [-0.05, 0) is 0 Å². The second-order valence-corrected chi connectivity index (χ2v) is 4.73. The van der Waals surface area contributed by atoms with Crippen LogP contribution in [-0.4, -0.2) is 46.7 Å². The van der Waals surface area contributed by atoms with Gasteiger partial charge in [0.15, 0.2) is 23.9 Å². The highest BCUT2D eigenvalue weighted by molar-refractivity contribution is 5.81. The fourth-order valence-electron chi connectivity index (χ4n) is 2.41. The predicted octanol–water partition coefficient (Wildman–Crippen LogP) is -0.748. The summed E-state index contributed by atoms with van der Waals surface area (Å²) in [5.41, 5.74) is 6.54. The van der Waals surface area contributed by atoms with Crippen molar-refractivity contribution in [3.63, 3.8) is 0 Å². The van der Waals surface area contributed by atoms with E-state index in [1.165, 1.54) is 28.2 Å². The number of hydrogen-bond donors (Lipinski definition) is 3. The van der Waals surface area contributed by atoms with Crippen molar-refractivity contribution >= 4 is 17.0 Å². The Kier molecular flexibility index (Phi) is 2.51. The molecule has 0 radical (unpaired) electrons. The molecule has 4 atom stereocenters. The van der Waals surface area contributed by atoms with E-state index in [0.717, 1.165) is 0 Å². The number of hydrogen-bond acceptors (Lipinski definition) is 8. The van der Waals surface area contributed by atoms with Gasteiger partial charge in [0.05, 0.1) is 12.5 Å². The van der Waals surface area contributed by atoms with Crippen LogP contribution in [0.2, 0.25) is 0 Å². The molecule has 0 unspecified atom stereocenters. The first-order chi connectivity index (χ1) is 10.2. The SMILES string of the molecule is Nc1ncnc2c1ncn2[C@@H]1O[C@H](n2cco2)[C@@H](O)[C@H]1O. The van der Waals surface area contributed by atoms with Gasteiger partial charge in [0.1, 0.15) is 30.3 Å². The monoisotopic (exact) mass is 292 g/mol. The quantitative estimate of drug-likeness (QED) is 0.561. The number of nitrogens with two attached hydrogens (primary N) is 1. The molecule has 0 amide bonds. The lowest BCUT2D eigenvalue weighted by Crippen LogP contribution is -2.30. The number of aliphatic hydroxyl groups is 2. The predicted molar refractivity (Wildman–Crippen MR) is 67.6 cm³/mol. The summed E-state index contributed by atoms with van der Waals surface area (Å²) in [7, 11) is 0. The first-order valence-corrected chi connectivity index (χ1v) is 6.23. The van der Waals surface area contributed by atoms with Crippen LogP contribution in [0.3, 0.4) is 0 Å². The van der Waals surface area contributed by atoms with Crippen LogP contribution in [0.25, 0.3) is 11.2 Å². The maximum atomic E-state index is 10.2. The zero-order valence-electron chi connectivity index (χ0n) is 10.6. The second kappa shape index (κ2) is 4.28. The molecular weight excluding hydrogens is 280 g/mol. The van der Waals surface area contributed by atoms with Gasteiger partial charge in [0.25, 0.3) is 0 Å². The van der Waals surface area contributed by atoms with Gasteiger partial charge >= 0.3 is 0 Å². The minimum Gasteiger partial charge on any atom is -0.385 e. The zero-order valence-corrected chi connectivity index (χ0v) is 10.6. The Morgan fingerprint density at radius 1 is 1.14 bits per heavy atom. The number of imidazole rings is 1. The Bertz CT molecular complexity index is 769. The van der Waals surface area contributed by atoms with E-state index in [4.69, 9.17) is 15.0 Å². The summed E-state index contributed by atoms with van der Waals surface area (Å²) >= 11 is 0. The van der Waals surface area contributed by atoms with Crippen LogP contribution in [0.4, 0.5) is 5.82 Å². The number of ether oxygens (including phenoxy) is 1. The summed E-state index contributed by atoms with van der Waals surface area (Å²) in [4.78, 5) is 12.0. The third kappa shape index (κ3) is 1.67. The highest BCUT2D eigenvalue weighted by Gasteiger charge is 2.46. The van der Waals surface area contributed by atoms with Crippen LogP contribution in [0.5, 0.6) is 0 Å². The van der Waals surface area contributed by atoms with E-state index in [-0.39, 0.29) is 5.82 Å². The fraction of sp³-hybridized carbons (Fsp3) is 0.364. The Morgan fingerprint density at radius 3 is 2.62 bits per heavy atom. The summed E-state index contributed by atoms with van der Waals surface area (Å²) in [6, 6.07) is 0. The third-order valence-electron chi connectivity index (χ3n) is 3.52. The van der Waals surface area contributed by atoms with Crippen LogP contribution in [0.1, 0.15) is 12.5 Å². The lowest BCUT2D eigenvalue weighted by Gasteiger charge is -2.17. The molecule has 1 aliphatic rings. The van der Waals surface area contributed by atoms with Crippen LogP contribution in [0.15, 0.2) is 29.6 Å². The van der Waals surface area contributed by atoms with Gasteiger partial charge in [0, 0.05) is 0 Å². The molecule has 0 bridgehead atoms. The summed E-state index contributed by atoms with van der Waals surface area (Å²) in [5.74, 6) is 0.234. The van der Waals surface area contributed by atoms with E-state index in [2.05, 4.69) is 15.0 Å². The highest BCUT2D eigenvalue weighted by atomic mass is 16.6. The fourth-order valence-corrected chi connectivity index (χ4v) is 2.41. The first-order valence-electron chi connectivity index (χ1n) is 6.23. The van der Waals surface area contributed by atoms with Crippen molar-refractivity contribution in [3.05, 3.63) is 25.1 Å². The van der Waals surface area contributed by atoms with Gasteiger partial charge < -0.3 is 25.2 Å². The van der Waals surface area contributed by atoms with Crippen LogP contribution in [0, 0.1) is 0 Å². The van der Waals surface area contributed by atoms with E-state index < -0.39 is 24.7 Å². The van der Waals surface area contributed by atoms with Gasteiger partial charge in [-0.1, -0.05) is 0 Å². The number of nitrogen functional groups attached to an aromatic ring is 1. The average Bonchev–Trinajstić information content (AvgIpc) is 2.95. The summed E-state index contributed by atoms with van der Waals surface area (Å²) in [6.45, 7) is 0. The maximum absolute atomic E-state index is 10.2. The normalized spacial score (nSPS) is 29.4. The zero-order chi connectivity index (χ0) is 14.6. The molecule has 1 aliphatic heterocycles. The molecule has 4 rings (SSSR count). The van der Waals surface area contributed by atoms with Crippen molar-refractivity contribution < 1.29 is 19.5 Å². The molecule has 0 saturated carbocycles. The molecule has 10 heteroatoms. The van der Waals surface area contributed by atoms with Gasteiger partial charge in [-0.3, -0.25) is 4.57 Å². The number of nitrogens with zero attached hydrogens (tertiary/aromatic N) is 5. The Morgan fingerprint density at radius 2 is 1.90 bits per heavy atom. The minimum atomic E-state index is -1.17. The summed E-state index contributed by atoms with van der Waals surface area (Å²) in [6.07, 6.45) is 1.79. The molecule has 1 fully saturated rings. The molecule has 0 aromatic carbocycles. The third-order valence-corrected chi connectivity index (χ3v) is 3.52. The molecule has 0 spiro atoms. The molecule has 4 heterocycles. The highest BCUT2D eigenvalue weighted by Crippen LogP contribution is 2.37. The van der Waals surface area contributed by atoms with Gasteiger partial charge in [-0.15, -0.1) is 0 Å². The van der Waals surface area contributed by atoms with Crippen LogP contribution < -0.4 is 5.73 Å². The summed E-state index contributed by atoms with van der Waals surface area (Å²) in [5, 5.41) is 20.3. The van der Waals surface area contributed by atoms with Gasteiger partial charge in [0.2, 0.25) is 0 Å². The summed E-state index contributed by atoms with van der Waals surface area (Å²) < 4.78 is 13.5. The van der Waals surface area contributed by atoms with Crippen molar-refractivity contribution in [2.75, 3.05) is 5.73 Å². The number of aromatic nitrogens is 5. The molecule has 110 valence electrons. The second-order valence-electron chi connectivity index (χ2n) is 4.73. The van der Waals surface area contributed by atoms with Crippen molar-refractivity contribution in [1.29, 1.82) is 0 Å². The molecule has 4 N–H and O–H groups in total. The molecular formula is C11H12N6O4. The molecule has 10 nitrogen and oxygen atoms in total. The minimum absolute atomic E-state index is 0.234. The molecule has 21 heavy (non-hydrogen) atoms. The number of rotatable bonds is 2. The van der Waals surface area contributed by atoms with Gasteiger partial charge in [-0.25, -0.2) is 15.0 Å². The number of aliphatic hydroxyl groups excluding tert-OH is 2. The topological polar surface area (TPSA) is 137 Å². The molecule has 3 aromatic rings. The van der Waals surface area contributed by atoms with E-state index in [0.29, 0.717) is 11.2 Å². The smallest absolute Gasteiger partial charge is 0.195 e. The Balaban J connectivity index is 1.75. The first kappa shape index (κ1) is 12.3. The van der Waals surface area contributed by atoms with E-state index in [1.807, 2.05) is 0 Å².